The van der Waals surface area contributed by atoms with Crippen LogP contribution in [0, 0.1) is 6.92 Å². The van der Waals surface area contributed by atoms with E-state index in [0.29, 0.717) is 33.3 Å². The highest BCUT2D eigenvalue weighted by atomic mass is 35.5. The Morgan fingerprint density at radius 2 is 1.87 bits per heavy atom. The van der Waals surface area contributed by atoms with Crippen LogP contribution in [0.15, 0.2) is 70.9 Å². The molecule has 152 valence electrons. The molecule has 0 spiro atoms. The number of ketones is 1. The number of aryl methyl sites for hydroxylation is 1. The highest BCUT2D eigenvalue weighted by Gasteiger charge is 2.48. The number of hydrogen-bond donors (Lipinski definition) is 1. The van der Waals surface area contributed by atoms with Gasteiger partial charge in [0.2, 0.25) is 0 Å². The van der Waals surface area contributed by atoms with Crippen molar-refractivity contribution in [3.63, 3.8) is 0 Å². The minimum absolute atomic E-state index is 0.0468. The zero-order chi connectivity index (χ0) is 21.4. The molecule has 2 heterocycles. The summed E-state index contributed by atoms with van der Waals surface area (Å²) in [5.74, 6) is -0.868. The standard InChI is InChI=1S/C23H18ClNO5/c1-13-12-15(24)7-10-17(13)25-20(18-4-3-11-30-18)19(22(27)23(25)28)21(26)14-5-8-16(29-2)9-6-14/h3-12,20,26H,1-2H3/b21-19-. The molecule has 1 N–H and O–H groups in total. The summed E-state index contributed by atoms with van der Waals surface area (Å²) in [6, 6.07) is 14.0. The molecule has 1 aliphatic rings. The second-order valence-corrected chi connectivity index (χ2v) is 7.28. The Labute approximate surface area is 177 Å². The molecule has 1 aromatic heterocycles. The molecule has 2 aromatic carbocycles. The van der Waals surface area contributed by atoms with E-state index in [0.717, 1.165) is 0 Å². The molecule has 6 nitrogen and oxygen atoms in total. The van der Waals surface area contributed by atoms with Crippen LogP contribution in [0.1, 0.15) is 22.9 Å². The number of benzene rings is 2. The third kappa shape index (κ3) is 3.25. The van der Waals surface area contributed by atoms with E-state index < -0.39 is 17.7 Å². The van der Waals surface area contributed by atoms with Crippen LogP contribution in [0.3, 0.4) is 0 Å². The summed E-state index contributed by atoms with van der Waals surface area (Å²) >= 11 is 6.06. The summed E-state index contributed by atoms with van der Waals surface area (Å²) in [6.07, 6.45) is 1.46. The van der Waals surface area contributed by atoms with Gasteiger partial charge in [0.05, 0.1) is 18.9 Å². The van der Waals surface area contributed by atoms with Crippen molar-refractivity contribution in [3.05, 3.63) is 88.3 Å². The third-order valence-corrected chi connectivity index (χ3v) is 5.27. The molecule has 0 radical (unpaired) electrons. The number of anilines is 1. The molecule has 7 heteroatoms. The predicted molar refractivity (Wildman–Crippen MR) is 113 cm³/mol. The van der Waals surface area contributed by atoms with Gasteiger partial charge in [-0.05, 0) is 67.1 Å². The molecule has 30 heavy (non-hydrogen) atoms. The fourth-order valence-electron chi connectivity index (χ4n) is 3.59. The normalized spacial score (nSPS) is 18.1. The Balaban J connectivity index is 1.91. The molecule has 1 aliphatic heterocycles. The Morgan fingerprint density at radius 1 is 1.13 bits per heavy atom. The van der Waals surface area contributed by atoms with Gasteiger partial charge < -0.3 is 14.3 Å². The van der Waals surface area contributed by atoms with E-state index in [4.69, 9.17) is 20.8 Å². The van der Waals surface area contributed by atoms with Crippen LogP contribution in [-0.2, 0) is 9.59 Å². The van der Waals surface area contributed by atoms with Crippen molar-refractivity contribution in [2.75, 3.05) is 12.0 Å². The molecule has 0 bridgehead atoms. The van der Waals surface area contributed by atoms with Crippen molar-refractivity contribution in [3.8, 4) is 5.75 Å². The van der Waals surface area contributed by atoms with Gasteiger partial charge in [0, 0.05) is 16.3 Å². The molecule has 1 saturated heterocycles. The average molecular weight is 424 g/mol. The van der Waals surface area contributed by atoms with E-state index in [-0.39, 0.29) is 11.3 Å². The van der Waals surface area contributed by atoms with Crippen LogP contribution < -0.4 is 9.64 Å². The van der Waals surface area contributed by atoms with Gasteiger partial charge in [-0.3, -0.25) is 14.5 Å². The highest BCUT2D eigenvalue weighted by molar-refractivity contribution is 6.51. The zero-order valence-corrected chi connectivity index (χ0v) is 17.0. The maximum absolute atomic E-state index is 13.0. The summed E-state index contributed by atoms with van der Waals surface area (Å²) in [5, 5.41) is 11.5. The molecular formula is C23H18ClNO5. The number of furan rings is 1. The van der Waals surface area contributed by atoms with Gasteiger partial charge in [0.15, 0.2) is 0 Å². The van der Waals surface area contributed by atoms with Crippen LogP contribution in [0.2, 0.25) is 5.02 Å². The van der Waals surface area contributed by atoms with Crippen LogP contribution >= 0.6 is 11.6 Å². The Hall–Kier alpha value is -3.51. The number of nitrogens with zero attached hydrogens (tertiary/aromatic N) is 1. The SMILES string of the molecule is COc1ccc(/C(O)=C2/C(=O)C(=O)N(c3ccc(Cl)cc3C)C2c2ccco2)cc1. The number of methoxy groups -OCH3 is 1. The van der Waals surface area contributed by atoms with Crippen LogP contribution in [0.25, 0.3) is 5.76 Å². The zero-order valence-electron chi connectivity index (χ0n) is 16.3. The number of amides is 1. The Bertz CT molecular complexity index is 1150. The number of hydrogen-bond acceptors (Lipinski definition) is 5. The van der Waals surface area contributed by atoms with Gasteiger partial charge in [-0.1, -0.05) is 11.6 Å². The fraction of sp³-hybridized carbons (Fsp3) is 0.130. The maximum Gasteiger partial charge on any atom is 0.300 e. The number of halogens is 1. The third-order valence-electron chi connectivity index (χ3n) is 5.04. The van der Waals surface area contributed by atoms with Crippen molar-refractivity contribution in [1.82, 2.24) is 0 Å². The quantitative estimate of drug-likeness (QED) is 0.367. The summed E-state index contributed by atoms with van der Waals surface area (Å²) in [5.41, 5.74) is 1.56. The minimum atomic E-state index is -0.915. The maximum atomic E-state index is 13.0. The largest absolute Gasteiger partial charge is 0.507 e. The van der Waals surface area contributed by atoms with Gasteiger partial charge in [-0.2, -0.15) is 0 Å². The number of Topliss-reactive ketones (excluding diaryl/α,β-unsaturated/α-hetero) is 1. The second kappa shape index (κ2) is 7.72. The van der Waals surface area contributed by atoms with Crippen LogP contribution in [-0.4, -0.2) is 23.9 Å². The molecule has 1 amide bonds. The Kier molecular flexibility index (Phi) is 5.10. The van der Waals surface area contributed by atoms with Crippen LogP contribution in [0.5, 0.6) is 5.75 Å². The lowest BCUT2D eigenvalue weighted by Gasteiger charge is -2.25. The first-order valence-electron chi connectivity index (χ1n) is 9.17. The van der Waals surface area contributed by atoms with E-state index in [1.807, 2.05) is 0 Å². The van der Waals surface area contributed by atoms with E-state index >= 15 is 0 Å². The van der Waals surface area contributed by atoms with E-state index in [2.05, 4.69) is 0 Å². The molecule has 1 fully saturated rings. The summed E-state index contributed by atoms with van der Waals surface area (Å²) < 4.78 is 10.7. The second-order valence-electron chi connectivity index (χ2n) is 6.84. The van der Waals surface area contributed by atoms with Gasteiger partial charge in [-0.25, -0.2) is 0 Å². The van der Waals surface area contributed by atoms with Crippen molar-refractivity contribution in [1.29, 1.82) is 0 Å². The number of carbonyl (C=O) groups excluding carboxylic acids is 2. The first kappa shape index (κ1) is 19.8. The molecule has 0 saturated carbocycles. The lowest BCUT2D eigenvalue weighted by atomic mass is 9.99. The monoisotopic (exact) mass is 423 g/mol. The summed E-state index contributed by atoms with van der Waals surface area (Å²) in [7, 11) is 1.53. The van der Waals surface area contributed by atoms with Gasteiger partial charge in [-0.15, -0.1) is 0 Å². The average Bonchev–Trinajstić information content (AvgIpc) is 3.35. The lowest BCUT2D eigenvalue weighted by Crippen LogP contribution is -2.29. The Morgan fingerprint density at radius 3 is 2.47 bits per heavy atom. The molecule has 1 unspecified atom stereocenters. The lowest BCUT2D eigenvalue weighted by molar-refractivity contribution is -0.132. The van der Waals surface area contributed by atoms with Gasteiger partial charge in [0.1, 0.15) is 23.3 Å². The molecule has 0 aliphatic carbocycles. The number of rotatable bonds is 4. The van der Waals surface area contributed by atoms with Crippen molar-refractivity contribution in [2.45, 2.75) is 13.0 Å². The molecule has 1 atom stereocenters. The molecule has 3 aromatic rings. The minimum Gasteiger partial charge on any atom is -0.507 e. The predicted octanol–water partition coefficient (Wildman–Crippen LogP) is 4.88. The highest BCUT2D eigenvalue weighted by Crippen LogP contribution is 2.43. The topological polar surface area (TPSA) is 80.0 Å². The first-order valence-corrected chi connectivity index (χ1v) is 9.55. The number of aliphatic hydroxyl groups excluding tert-OH is 1. The van der Waals surface area contributed by atoms with Crippen LogP contribution in [0.4, 0.5) is 5.69 Å². The fourth-order valence-corrected chi connectivity index (χ4v) is 3.82. The summed E-state index contributed by atoms with van der Waals surface area (Å²) in [4.78, 5) is 27.4. The van der Waals surface area contributed by atoms with Crippen molar-refractivity contribution < 1.29 is 23.8 Å². The number of ether oxygens (including phenoxy) is 1. The van der Waals surface area contributed by atoms with E-state index in [1.165, 1.54) is 18.3 Å². The first-order chi connectivity index (χ1) is 14.4. The molecular weight excluding hydrogens is 406 g/mol. The van der Waals surface area contributed by atoms with E-state index in [9.17, 15) is 14.7 Å². The van der Waals surface area contributed by atoms with E-state index in [1.54, 1.807) is 61.5 Å². The molecule has 4 rings (SSSR count). The number of aliphatic hydroxyl groups is 1. The smallest absolute Gasteiger partial charge is 0.300 e. The van der Waals surface area contributed by atoms with Gasteiger partial charge >= 0.3 is 0 Å². The van der Waals surface area contributed by atoms with Crippen molar-refractivity contribution >= 4 is 34.7 Å². The van der Waals surface area contributed by atoms with Crippen molar-refractivity contribution in [2.24, 2.45) is 0 Å². The summed E-state index contributed by atoms with van der Waals surface area (Å²) in [6.45, 7) is 1.79. The number of carbonyl (C=O) groups is 2. The van der Waals surface area contributed by atoms with Gasteiger partial charge in [0.25, 0.3) is 11.7 Å².